The van der Waals surface area contributed by atoms with Crippen LogP contribution in [0.2, 0.25) is 0 Å². The summed E-state index contributed by atoms with van der Waals surface area (Å²) in [6.07, 6.45) is 0. The Hall–Kier alpha value is -2.70. The second-order valence-electron chi connectivity index (χ2n) is 8.63. The van der Waals surface area contributed by atoms with Crippen LogP contribution in [0.5, 0.6) is 0 Å². The lowest BCUT2D eigenvalue weighted by atomic mass is 10.0. The number of H-pyrrole nitrogens is 1. The van der Waals surface area contributed by atoms with Crippen molar-refractivity contribution < 1.29 is 0 Å². The van der Waals surface area contributed by atoms with E-state index in [1.807, 2.05) is 31.2 Å². The lowest BCUT2D eigenvalue weighted by molar-refractivity contribution is 0.262. The summed E-state index contributed by atoms with van der Waals surface area (Å²) < 4.78 is 0. The van der Waals surface area contributed by atoms with Crippen LogP contribution in [0.25, 0.3) is 10.9 Å². The van der Waals surface area contributed by atoms with Gasteiger partial charge < -0.3 is 20.1 Å². The molecule has 0 aliphatic rings. The van der Waals surface area contributed by atoms with Crippen LogP contribution in [0.15, 0.2) is 53.3 Å². The smallest absolute Gasteiger partial charge is 0.253 e. The predicted octanol–water partition coefficient (Wildman–Crippen LogP) is 4.92. The molecule has 1 atom stereocenters. The van der Waals surface area contributed by atoms with Crippen molar-refractivity contribution in [1.29, 1.82) is 0 Å². The van der Waals surface area contributed by atoms with E-state index in [1.54, 1.807) is 0 Å². The SMILES string of the molecule is CCN(CC)CCN(Cc1cc2ccc(C)c(C)c2[nH]c1=O)C(=S)NC(C)c1ccccc1. The Morgan fingerprint density at radius 1 is 1.06 bits per heavy atom. The van der Waals surface area contributed by atoms with Gasteiger partial charge in [-0.2, -0.15) is 0 Å². The first-order valence-corrected chi connectivity index (χ1v) is 12.2. The second kappa shape index (κ2) is 11.4. The quantitative estimate of drug-likeness (QED) is 0.440. The number of hydrogen-bond acceptors (Lipinski definition) is 3. The maximum absolute atomic E-state index is 13.0. The van der Waals surface area contributed by atoms with Crippen LogP contribution in [0, 0.1) is 13.8 Å². The molecule has 0 saturated heterocycles. The number of aromatic nitrogens is 1. The highest BCUT2D eigenvalue weighted by Crippen LogP contribution is 2.20. The molecule has 0 radical (unpaired) electrons. The van der Waals surface area contributed by atoms with Gasteiger partial charge in [0.1, 0.15) is 0 Å². The van der Waals surface area contributed by atoms with E-state index in [-0.39, 0.29) is 11.6 Å². The van der Waals surface area contributed by atoms with E-state index in [1.165, 1.54) is 11.1 Å². The number of benzene rings is 2. The van der Waals surface area contributed by atoms with Crippen molar-refractivity contribution in [2.24, 2.45) is 0 Å². The van der Waals surface area contributed by atoms with Gasteiger partial charge in [-0.15, -0.1) is 0 Å². The molecule has 1 heterocycles. The third kappa shape index (κ3) is 6.21. The summed E-state index contributed by atoms with van der Waals surface area (Å²) in [7, 11) is 0. The van der Waals surface area contributed by atoms with Gasteiger partial charge in [0.05, 0.1) is 18.1 Å². The molecular weight excluding hydrogens is 428 g/mol. The Kier molecular flexibility index (Phi) is 8.64. The summed E-state index contributed by atoms with van der Waals surface area (Å²) in [5.41, 5.74) is 5.05. The topological polar surface area (TPSA) is 51.4 Å². The molecule has 5 nitrogen and oxygen atoms in total. The highest BCUT2D eigenvalue weighted by molar-refractivity contribution is 7.80. The maximum atomic E-state index is 13.0. The number of pyridine rings is 1. The minimum Gasteiger partial charge on any atom is -0.356 e. The Morgan fingerprint density at radius 2 is 1.76 bits per heavy atom. The summed E-state index contributed by atoms with van der Waals surface area (Å²) in [6, 6.07) is 16.5. The monoisotopic (exact) mass is 464 g/mol. The van der Waals surface area contributed by atoms with Crippen molar-refractivity contribution in [3.8, 4) is 0 Å². The molecule has 3 rings (SSSR count). The molecular formula is C27H36N4OS. The van der Waals surface area contributed by atoms with Crippen molar-refractivity contribution in [3.05, 3.63) is 81.1 Å². The molecule has 0 aliphatic carbocycles. The van der Waals surface area contributed by atoms with Crippen molar-refractivity contribution in [2.75, 3.05) is 26.2 Å². The molecule has 3 aromatic rings. The number of likely N-dealkylation sites (N-methyl/N-ethyl adjacent to an activating group) is 1. The van der Waals surface area contributed by atoms with Crippen LogP contribution in [-0.4, -0.2) is 46.1 Å². The third-order valence-electron chi connectivity index (χ3n) is 6.50. The first-order valence-electron chi connectivity index (χ1n) is 11.8. The van der Waals surface area contributed by atoms with Crippen molar-refractivity contribution in [2.45, 2.75) is 47.2 Å². The normalized spacial score (nSPS) is 12.2. The number of aryl methyl sites for hydroxylation is 2. The van der Waals surface area contributed by atoms with E-state index in [4.69, 9.17) is 12.2 Å². The van der Waals surface area contributed by atoms with Crippen molar-refractivity contribution >= 4 is 28.2 Å². The fourth-order valence-corrected chi connectivity index (χ4v) is 4.38. The van der Waals surface area contributed by atoms with E-state index < -0.39 is 0 Å². The van der Waals surface area contributed by atoms with Crippen LogP contribution >= 0.6 is 12.2 Å². The summed E-state index contributed by atoms with van der Waals surface area (Å²) in [6.45, 7) is 14.6. The van der Waals surface area contributed by atoms with E-state index in [0.717, 1.165) is 48.2 Å². The zero-order valence-electron chi connectivity index (χ0n) is 20.4. The molecule has 6 heteroatoms. The van der Waals surface area contributed by atoms with Crippen LogP contribution < -0.4 is 10.9 Å². The van der Waals surface area contributed by atoms with Gasteiger partial charge in [-0.05, 0) is 74.2 Å². The number of aromatic amines is 1. The number of thiocarbonyl (C=S) groups is 1. The highest BCUT2D eigenvalue weighted by Gasteiger charge is 2.17. The van der Waals surface area contributed by atoms with Crippen LogP contribution in [0.1, 0.15) is 49.1 Å². The summed E-state index contributed by atoms with van der Waals surface area (Å²) in [5.74, 6) is 0. The molecule has 33 heavy (non-hydrogen) atoms. The zero-order chi connectivity index (χ0) is 24.0. The summed E-state index contributed by atoms with van der Waals surface area (Å²) >= 11 is 5.84. The number of hydrogen-bond donors (Lipinski definition) is 2. The first kappa shape index (κ1) is 24.9. The molecule has 2 N–H and O–H groups in total. The average Bonchev–Trinajstić information content (AvgIpc) is 2.82. The Labute approximate surface area is 202 Å². The third-order valence-corrected chi connectivity index (χ3v) is 6.87. The first-order chi connectivity index (χ1) is 15.8. The Morgan fingerprint density at radius 3 is 2.42 bits per heavy atom. The average molecular weight is 465 g/mol. The molecule has 0 bridgehead atoms. The molecule has 176 valence electrons. The van der Waals surface area contributed by atoms with Gasteiger partial charge in [0.2, 0.25) is 0 Å². The molecule has 0 amide bonds. The molecule has 1 unspecified atom stereocenters. The minimum absolute atomic E-state index is 0.0528. The van der Waals surface area contributed by atoms with E-state index in [9.17, 15) is 4.79 Å². The zero-order valence-corrected chi connectivity index (χ0v) is 21.3. The summed E-state index contributed by atoms with van der Waals surface area (Å²) in [5, 5.41) is 5.19. The molecule has 0 aliphatic heterocycles. The number of rotatable bonds is 9. The lowest BCUT2D eigenvalue weighted by Gasteiger charge is -2.30. The molecule has 1 aromatic heterocycles. The fraction of sp³-hybridized carbons (Fsp3) is 0.407. The van der Waals surface area contributed by atoms with E-state index in [2.05, 4.69) is 72.1 Å². The number of nitrogens with one attached hydrogen (secondary N) is 2. The van der Waals surface area contributed by atoms with Gasteiger partial charge in [0.25, 0.3) is 5.56 Å². The Bertz CT molecular complexity index is 1140. The van der Waals surface area contributed by atoms with Gasteiger partial charge in [0.15, 0.2) is 5.11 Å². The van der Waals surface area contributed by atoms with Gasteiger partial charge in [-0.25, -0.2) is 0 Å². The van der Waals surface area contributed by atoms with Crippen molar-refractivity contribution in [1.82, 2.24) is 20.1 Å². The molecule has 2 aromatic carbocycles. The molecule has 0 fully saturated rings. The van der Waals surface area contributed by atoms with Gasteiger partial charge in [-0.3, -0.25) is 4.79 Å². The fourth-order valence-electron chi connectivity index (χ4n) is 4.05. The summed E-state index contributed by atoms with van der Waals surface area (Å²) in [4.78, 5) is 20.6. The van der Waals surface area contributed by atoms with E-state index >= 15 is 0 Å². The molecule has 0 saturated carbocycles. The van der Waals surface area contributed by atoms with Crippen LogP contribution in [-0.2, 0) is 6.54 Å². The van der Waals surface area contributed by atoms with Gasteiger partial charge >= 0.3 is 0 Å². The van der Waals surface area contributed by atoms with Crippen LogP contribution in [0.4, 0.5) is 0 Å². The standard InChI is InChI=1S/C27H36N4OS/c1-6-30(7-2)15-16-31(27(33)28-21(5)22-11-9-8-10-12-22)18-24-17-23-14-13-19(3)20(4)25(23)29-26(24)32/h8-14,17,21H,6-7,15-16,18H2,1-5H3,(H,28,33)(H,29,32). The van der Waals surface area contributed by atoms with Gasteiger partial charge in [-0.1, -0.05) is 56.3 Å². The maximum Gasteiger partial charge on any atom is 0.253 e. The predicted molar refractivity (Wildman–Crippen MR) is 143 cm³/mol. The minimum atomic E-state index is -0.0528. The second-order valence-corrected chi connectivity index (χ2v) is 9.01. The largest absolute Gasteiger partial charge is 0.356 e. The Balaban J connectivity index is 1.86. The molecule has 0 spiro atoms. The van der Waals surface area contributed by atoms with E-state index in [0.29, 0.717) is 11.7 Å². The highest BCUT2D eigenvalue weighted by atomic mass is 32.1. The van der Waals surface area contributed by atoms with Crippen molar-refractivity contribution in [3.63, 3.8) is 0 Å². The lowest BCUT2D eigenvalue weighted by Crippen LogP contribution is -2.44. The number of fused-ring (bicyclic) bond motifs is 1. The van der Waals surface area contributed by atoms with Crippen LogP contribution in [0.3, 0.4) is 0 Å². The number of nitrogens with zero attached hydrogens (tertiary/aromatic N) is 2. The van der Waals surface area contributed by atoms with Gasteiger partial charge in [0, 0.05) is 18.7 Å².